The number of benzene rings is 1. The average molecular weight is 453 g/mol. The lowest BCUT2D eigenvalue weighted by molar-refractivity contribution is 0.0303. The summed E-state index contributed by atoms with van der Waals surface area (Å²) in [5, 5.41) is 24.1. The molecule has 4 heterocycles. The number of hydrogen-bond donors (Lipinski definition) is 2. The Balaban J connectivity index is 1.57. The molecule has 2 N–H and O–H groups in total. The molecule has 2 unspecified atom stereocenters. The minimum absolute atomic E-state index is 0.00816. The number of aromatic nitrogens is 4. The number of ether oxygens (including phenoxy) is 1. The van der Waals surface area contributed by atoms with Crippen LogP contribution in [0.5, 0.6) is 0 Å². The zero-order valence-corrected chi connectivity index (χ0v) is 18.8. The SMILES string of the molecule is CC(C)n1ncc2c(N3CC4CCC(C3)O4)nc(-c3ccc(N(CCO)C(=O)O)cc3)nc21. The van der Waals surface area contributed by atoms with Gasteiger partial charge in [-0.15, -0.1) is 0 Å². The minimum Gasteiger partial charge on any atom is -0.465 e. The van der Waals surface area contributed by atoms with Crippen LogP contribution in [-0.2, 0) is 4.74 Å². The zero-order valence-electron chi connectivity index (χ0n) is 18.8. The van der Waals surface area contributed by atoms with E-state index in [9.17, 15) is 15.0 Å². The van der Waals surface area contributed by atoms with E-state index in [0.29, 0.717) is 11.5 Å². The van der Waals surface area contributed by atoms with E-state index in [1.165, 1.54) is 0 Å². The van der Waals surface area contributed by atoms with Crippen LogP contribution in [0.4, 0.5) is 16.3 Å². The number of fused-ring (bicyclic) bond motifs is 3. The van der Waals surface area contributed by atoms with E-state index >= 15 is 0 Å². The molecule has 33 heavy (non-hydrogen) atoms. The number of aliphatic hydroxyl groups is 1. The van der Waals surface area contributed by atoms with Crippen LogP contribution >= 0.6 is 0 Å². The second-order valence-corrected chi connectivity index (χ2v) is 8.86. The van der Waals surface area contributed by atoms with Gasteiger partial charge in [-0.1, -0.05) is 0 Å². The smallest absolute Gasteiger partial charge is 0.411 e. The first-order valence-electron chi connectivity index (χ1n) is 11.3. The summed E-state index contributed by atoms with van der Waals surface area (Å²) in [4.78, 5) is 24.7. The lowest BCUT2D eigenvalue weighted by Gasteiger charge is -2.33. The fourth-order valence-electron chi connectivity index (χ4n) is 4.67. The lowest BCUT2D eigenvalue weighted by atomic mass is 10.1. The van der Waals surface area contributed by atoms with E-state index < -0.39 is 6.09 Å². The Hall–Kier alpha value is -3.24. The molecule has 1 aromatic carbocycles. The summed E-state index contributed by atoms with van der Waals surface area (Å²) < 4.78 is 7.92. The number of amides is 1. The first-order valence-corrected chi connectivity index (χ1v) is 11.3. The minimum atomic E-state index is -1.11. The van der Waals surface area contributed by atoms with Gasteiger partial charge in [0.15, 0.2) is 11.5 Å². The molecule has 2 saturated heterocycles. The van der Waals surface area contributed by atoms with Crippen molar-refractivity contribution in [2.24, 2.45) is 0 Å². The van der Waals surface area contributed by atoms with E-state index in [0.717, 1.165) is 53.2 Å². The van der Waals surface area contributed by atoms with Gasteiger partial charge >= 0.3 is 6.09 Å². The second-order valence-electron chi connectivity index (χ2n) is 8.86. The third-order valence-electron chi connectivity index (χ3n) is 6.26. The van der Waals surface area contributed by atoms with Crippen LogP contribution in [0.1, 0.15) is 32.7 Å². The van der Waals surface area contributed by atoms with Gasteiger partial charge in [-0.2, -0.15) is 5.10 Å². The standard InChI is InChI=1S/C23H28N6O4/c1-14(2)29-22-19(11-24-29)21(27-12-17-7-8-18(13-27)33-17)25-20(26-22)15-3-5-16(6-4-15)28(9-10-30)23(31)32/h3-6,11,14,17-18,30H,7-10,12-13H2,1-2H3,(H,31,32). The summed E-state index contributed by atoms with van der Waals surface area (Å²) in [6.45, 7) is 5.48. The van der Waals surface area contributed by atoms with Gasteiger partial charge in [0.05, 0.1) is 36.9 Å². The van der Waals surface area contributed by atoms with E-state index in [-0.39, 0.29) is 31.4 Å². The quantitative estimate of drug-likeness (QED) is 0.586. The van der Waals surface area contributed by atoms with E-state index in [4.69, 9.17) is 14.7 Å². The highest BCUT2D eigenvalue weighted by Gasteiger charge is 2.35. The van der Waals surface area contributed by atoms with E-state index in [2.05, 4.69) is 23.8 Å². The average Bonchev–Trinajstić information content (AvgIpc) is 3.39. The van der Waals surface area contributed by atoms with Crippen molar-refractivity contribution in [2.75, 3.05) is 36.0 Å². The second kappa shape index (κ2) is 8.60. The highest BCUT2D eigenvalue weighted by molar-refractivity contribution is 5.89. The van der Waals surface area contributed by atoms with Crippen LogP contribution in [0.3, 0.4) is 0 Å². The van der Waals surface area contributed by atoms with Gasteiger partial charge in [0.25, 0.3) is 0 Å². The van der Waals surface area contributed by atoms with Gasteiger partial charge < -0.3 is 19.8 Å². The molecular formula is C23H28N6O4. The van der Waals surface area contributed by atoms with Crippen LogP contribution in [0.25, 0.3) is 22.4 Å². The molecule has 10 heteroatoms. The fraction of sp³-hybridized carbons (Fsp3) is 0.478. The molecule has 2 aliphatic rings. The summed E-state index contributed by atoms with van der Waals surface area (Å²) >= 11 is 0. The molecule has 2 aliphatic heterocycles. The van der Waals surface area contributed by atoms with Crippen LogP contribution in [0.15, 0.2) is 30.5 Å². The maximum atomic E-state index is 11.5. The van der Waals surface area contributed by atoms with Gasteiger partial charge in [0, 0.05) is 30.4 Å². The highest BCUT2D eigenvalue weighted by Crippen LogP contribution is 2.34. The van der Waals surface area contributed by atoms with Crippen molar-refractivity contribution in [3.63, 3.8) is 0 Å². The van der Waals surface area contributed by atoms with Gasteiger partial charge in [-0.3, -0.25) is 4.90 Å². The molecule has 2 bridgehead atoms. The fourth-order valence-corrected chi connectivity index (χ4v) is 4.67. The Morgan fingerprint density at radius 2 is 1.88 bits per heavy atom. The molecule has 0 saturated carbocycles. The van der Waals surface area contributed by atoms with E-state index in [1.807, 2.05) is 23.0 Å². The predicted molar refractivity (Wildman–Crippen MR) is 124 cm³/mol. The van der Waals surface area contributed by atoms with Gasteiger partial charge in [0.1, 0.15) is 5.82 Å². The normalized spacial score (nSPS) is 20.1. The van der Waals surface area contributed by atoms with Crippen molar-refractivity contribution in [3.05, 3.63) is 30.5 Å². The molecule has 0 spiro atoms. The Morgan fingerprint density at radius 3 is 2.48 bits per heavy atom. The van der Waals surface area contributed by atoms with E-state index in [1.54, 1.807) is 12.1 Å². The van der Waals surface area contributed by atoms with Crippen LogP contribution in [-0.4, -0.2) is 74.5 Å². The molecular weight excluding hydrogens is 424 g/mol. The maximum absolute atomic E-state index is 11.5. The Labute approximate surface area is 191 Å². The summed E-state index contributed by atoms with van der Waals surface area (Å²) in [6.07, 6.45) is 3.33. The molecule has 174 valence electrons. The molecule has 0 radical (unpaired) electrons. The third-order valence-corrected chi connectivity index (χ3v) is 6.26. The Bertz CT molecular complexity index is 1150. The molecule has 10 nitrogen and oxygen atoms in total. The number of nitrogens with zero attached hydrogens (tertiary/aromatic N) is 6. The number of anilines is 2. The Kier molecular flexibility index (Phi) is 5.63. The number of carboxylic acid groups (broad SMARTS) is 1. The molecule has 2 fully saturated rings. The molecule has 5 rings (SSSR count). The van der Waals surface area contributed by atoms with Gasteiger partial charge in [-0.25, -0.2) is 19.4 Å². The first kappa shape index (κ1) is 21.6. The molecule has 0 aliphatic carbocycles. The number of carbonyl (C=O) groups is 1. The van der Waals surface area contributed by atoms with Crippen molar-refractivity contribution in [1.82, 2.24) is 19.7 Å². The number of rotatable bonds is 6. The summed E-state index contributed by atoms with van der Waals surface area (Å²) in [5.41, 5.74) is 2.04. The zero-order chi connectivity index (χ0) is 23.1. The number of hydrogen-bond acceptors (Lipinski definition) is 7. The van der Waals surface area contributed by atoms with Gasteiger partial charge in [-0.05, 0) is 51.0 Å². The molecule has 2 aromatic heterocycles. The molecule has 1 amide bonds. The van der Waals surface area contributed by atoms with Gasteiger partial charge in [0.2, 0.25) is 0 Å². The van der Waals surface area contributed by atoms with Crippen molar-refractivity contribution in [2.45, 2.75) is 44.9 Å². The Morgan fingerprint density at radius 1 is 1.18 bits per heavy atom. The van der Waals surface area contributed by atoms with Crippen LogP contribution < -0.4 is 9.80 Å². The van der Waals surface area contributed by atoms with Crippen molar-refractivity contribution in [1.29, 1.82) is 0 Å². The molecule has 2 atom stereocenters. The highest BCUT2D eigenvalue weighted by atomic mass is 16.5. The lowest BCUT2D eigenvalue weighted by Crippen LogP contribution is -2.43. The summed E-state index contributed by atoms with van der Waals surface area (Å²) in [5.74, 6) is 1.42. The summed E-state index contributed by atoms with van der Waals surface area (Å²) in [6, 6.07) is 7.19. The van der Waals surface area contributed by atoms with Crippen molar-refractivity contribution < 1.29 is 19.7 Å². The first-order chi connectivity index (χ1) is 15.9. The van der Waals surface area contributed by atoms with Crippen molar-refractivity contribution >= 4 is 28.6 Å². The van der Waals surface area contributed by atoms with Crippen LogP contribution in [0, 0.1) is 0 Å². The largest absolute Gasteiger partial charge is 0.465 e. The molecule has 3 aromatic rings. The van der Waals surface area contributed by atoms with Crippen molar-refractivity contribution in [3.8, 4) is 11.4 Å². The number of morpholine rings is 1. The van der Waals surface area contributed by atoms with Crippen LogP contribution in [0.2, 0.25) is 0 Å². The topological polar surface area (TPSA) is 117 Å². The summed E-state index contributed by atoms with van der Waals surface area (Å²) in [7, 11) is 0. The predicted octanol–water partition coefficient (Wildman–Crippen LogP) is 2.92. The number of aliphatic hydroxyl groups excluding tert-OH is 1. The monoisotopic (exact) mass is 452 g/mol. The third kappa shape index (κ3) is 4.00. The maximum Gasteiger partial charge on any atom is 0.411 e.